The van der Waals surface area contributed by atoms with E-state index in [-0.39, 0.29) is 23.8 Å². The average Bonchev–Trinajstić information content (AvgIpc) is 3.00. The van der Waals surface area contributed by atoms with E-state index < -0.39 is 12.2 Å². The number of amides is 2. The van der Waals surface area contributed by atoms with Crippen LogP contribution in [0.15, 0.2) is 9.98 Å². The van der Waals surface area contributed by atoms with Crippen LogP contribution in [-0.2, 0) is 29.0 Å². The molecule has 14 nitrogen and oxygen atoms in total. The van der Waals surface area contributed by atoms with E-state index in [1.54, 1.807) is 23.5 Å². The summed E-state index contributed by atoms with van der Waals surface area (Å²) in [5.41, 5.74) is 0. The second kappa shape index (κ2) is 39.0. The van der Waals surface area contributed by atoms with Crippen molar-refractivity contribution in [2.24, 2.45) is 9.98 Å². The number of nitrogens with one attached hydrogen (secondary N) is 2. The van der Waals surface area contributed by atoms with E-state index in [1.165, 1.54) is 107 Å². The molecular weight excluding hydrogens is 765 g/mol. The van der Waals surface area contributed by atoms with Crippen LogP contribution >= 0.6 is 118 Å². The maximum absolute atomic E-state index is 11.6. The number of carbonyl (C=O) groups is 2. The minimum absolute atomic E-state index is 0.0541. The molecule has 2 amide bonds. The Morgan fingerprint density at radius 2 is 0.953 bits per heavy atom. The number of nitrogens with zero attached hydrogens (tertiary/aromatic N) is 2. The second-order valence-corrected chi connectivity index (χ2v) is 17.5. The number of carbonyl (C=O) groups excluding carboxylic acids is 2. The summed E-state index contributed by atoms with van der Waals surface area (Å²) in [4.78, 5) is 50.6. The van der Waals surface area contributed by atoms with E-state index in [9.17, 15) is 9.59 Å². The zero-order valence-electron chi connectivity index (χ0n) is 22.9. The van der Waals surface area contributed by atoms with Gasteiger partial charge in [0.1, 0.15) is 23.8 Å². The monoisotopic (exact) mass is 800 g/mol. The van der Waals surface area contributed by atoms with Gasteiger partial charge in [-0.2, -0.15) is 9.78 Å². The van der Waals surface area contributed by atoms with E-state index in [0.29, 0.717) is 45.6 Å². The maximum Gasteiger partial charge on any atom is 0.408 e. The Balaban J connectivity index is 3.29. The molecule has 0 saturated heterocycles. The molecule has 0 aromatic carbocycles. The lowest BCUT2D eigenvalue weighted by Crippen LogP contribution is -2.23. The van der Waals surface area contributed by atoms with Gasteiger partial charge in [-0.25, -0.2) is 19.6 Å². The molecule has 0 heterocycles. The first-order valence-corrected chi connectivity index (χ1v) is 23.1. The molecule has 0 aliphatic carbocycles. The molecular formula is C19H36N4O10S10. The molecule has 0 bridgehead atoms. The molecule has 0 aromatic rings. The molecule has 43 heavy (non-hydrogen) atoms. The van der Waals surface area contributed by atoms with Crippen LogP contribution in [0, 0.1) is 0 Å². The molecule has 0 rings (SSSR count). The maximum atomic E-state index is 11.6. The van der Waals surface area contributed by atoms with Crippen molar-refractivity contribution in [1.29, 1.82) is 0 Å². The predicted octanol–water partition coefficient (Wildman–Crippen LogP) is 5.07. The second-order valence-electron chi connectivity index (χ2n) is 6.13. The van der Waals surface area contributed by atoms with Crippen molar-refractivity contribution in [2.45, 2.75) is 0 Å². The number of aliphatic hydroxyl groups is 2. The third-order valence-corrected chi connectivity index (χ3v) is 12.7. The van der Waals surface area contributed by atoms with Gasteiger partial charge in [-0.15, -0.1) is 118 Å². The number of rotatable bonds is 32. The van der Waals surface area contributed by atoms with Crippen LogP contribution in [0.3, 0.4) is 0 Å². The number of aliphatic hydroxyl groups excluding tert-OH is 2. The number of alkyl carbamates (subject to hydrolysis) is 2. The van der Waals surface area contributed by atoms with Gasteiger partial charge in [-0.3, -0.25) is 0 Å². The number of thioether (sulfide) groups is 10. The minimum Gasteiger partial charge on any atom is -0.438 e. The molecule has 0 saturated carbocycles. The first-order chi connectivity index (χ1) is 21.2. The molecule has 0 radical (unpaired) electrons. The van der Waals surface area contributed by atoms with Crippen LogP contribution in [0.25, 0.3) is 0 Å². The Morgan fingerprint density at radius 1 is 0.558 bits per heavy atom. The zero-order chi connectivity index (χ0) is 31.3. The fourth-order valence-corrected chi connectivity index (χ4v) is 8.29. The summed E-state index contributed by atoms with van der Waals surface area (Å²) in [6.45, 7) is 0. The lowest BCUT2D eigenvalue weighted by Gasteiger charge is -2.06. The quantitative estimate of drug-likeness (QED) is 0.0177. The van der Waals surface area contributed by atoms with Crippen molar-refractivity contribution in [1.82, 2.24) is 10.6 Å². The Hall–Kier alpha value is 0.820. The van der Waals surface area contributed by atoms with Crippen LogP contribution < -0.4 is 10.6 Å². The van der Waals surface area contributed by atoms with Crippen LogP contribution in [-0.4, -0.2) is 120 Å². The van der Waals surface area contributed by atoms with Crippen LogP contribution in [0.1, 0.15) is 0 Å². The average molecular weight is 801 g/mol. The van der Waals surface area contributed by atoms with Crippen molar-refractivity contribution in [2.75, 3.05) is 84.6 Å². The fraction of sp³-hybridized carbons (Fsp3) is 0.789. The van der Waals surface area contributed by atoms with E-state index in [2.05, 4.69) is 20.6 Å². The highest BCUT2D eigenvalue weighted by molar-refractivity contribution is 8.17. The van der Waals surface area contributed by atoms with Gasteiger partial charge in [0.2, 0.25) is 12.8 Å². The van der Waals surface area contributed by atoms with E-state index in [4.69, 9.17) is 39.2 Å². The molecule has 4 N–H and O–H groups in total. The van der Waals surface area contributed by atoms with Crippen LogP contribution in [0.4, 0.5) is 9.59 Å². The molecule has 252 valence electrons. The van der Waals surface area contributed by atoms with Gasteiger partial charge in [-0.05, 0) is 0 Å². The van der Waals surface area contributed by atoms with Gasteiger partial charge in [0.15, 0.2) is 0 Å². The molecule has 24 heteroatoms. The number of hydrogen-bond donors (Lipinski definition) is 4. The minimum atomic E-state index is -0.473. The van der Waals surface area contributed by atoms with Crippen LogP contribution in [0.5, 0.6) is 0 Å². The molecule has 0 fully saturated rings. The largest absolute Gasteiger partial charge is 0.438 e. The van der Waals surface area contributed by atoms with Gasteiger partial charge in [0.25, 0.3) is 0 Å². The highest BCUT2D eigenvalue weighted by Crippen LogP contribution is 2.14. The SMILES string of the molecule is O=C(NCSCSC/N=C\OOCSCSCOC(=O)NCSCSC/N=C/OOCSCSCO)OCSCSCO. The molecule has 0 aliphatic rings. The lowest BCUT2D eigenvalue weighted by molar-refractivity contribution is -0.196. The smallest absolute Gasteiger partial charge is 0.408 e. The standard InChI is InChI=1S/C19H36N4O10S10/c24-7-38-15-40-9-28-18(26)22-5-36-13-35-4-21-2-31-33-12-43-17-41-10-29-19(27)23-6-37-14-34-3-20-1-30-32-11-42-16-39-8-25/h1-2,24-25H,3-17H2,(H,22,26)(H,23,27)/b20-1+,21-2-. The van der Waals surface area contributed by atoms with Gasteiger partial charge in [0, 0.05) is 25.4 Å². The Kier molecular flexibility index (Phi) is 39.7. The topological polar surface area (TPSA) is 179 Å². The highest BCUT2D eigenvalue weighted by Gasteiger charge is 2.02. The molecule has 0 spiro atoms. The summed E-state index contributed by atoms with van der Waals surface area (Å²) in [5.74, 6) is 3.16. The summed E-state index contributed by atoms with van der Waals surface area (Å²) in [7, 11) is 0. The van der Waals surface area contributed by atoms with Gasteiger partial charge < -0.3 is 40.1 Å². The fourth-order valence-electron chi connectivity index (χ4n) is 1.59. The van der Waals surface area contributed by atoms with Gasteiger partial charge >= 0.3 is 12.2 Å². The Bertz CT molecular complexity index is 698. The Morgan fingerprint density at radius 3 is 1.40 bits per heavy atom. The van der Waals surface area contributed by atoms with Crippen molar-refractivity contribution in [3.8, 4) is 0 Å². The molecule has 0 aliphatic heterocycles. The van der Waals surface area contributed by atoms with E-state index in [1.807, 2.05) is 0 Å². The van der Waals surface area contributed by atoms with Gasteiger partial charge in [-0.1, -0.05) is 0 Å². The first kappa shape index (κ1) is 43.8. The predicted molar refractivity (Wildman–Crippen MR) is 194 cm³/mol. The lowest BCUT2D eigenvalue weighted by atomic mass is 11.1. The van der Waals surface area contributed by atoms with Gasteiger partial charge in [0.05, 0.1) is 35.4 Å². The third kappa shape index (κ3) is 38.9. The van der Waals surface area contributed by atoms with Crippen molar-refractivity contribution in [3.05, 3.63) is 0 Å². The summed E-state index contributed by atoms with van der Waals surface area (Å²) in [6, 6.07) is 0. The summed E-state index contributed by atoms with van der Waals surface area (Å²) in [6.07, 6.45) is 1.54. The van der Waals surface area contributed by atoms with Crippen molar-refractivity contribution in [3.63, 3.8) is 0 Å². The van der Waals surface area contributed by atoms with E-state index in [0.717, 1.165) is 15.3 Å². The number of hydrogen-bond acceptors (Lipinski definition) is 22. The van der Waals surface area contributed by atoms with Crippen LogP contribution in [0.2, 0.25) is 0 Å². The third-order valence-electron chi connectivity index (χ3n) is 3.17. The summed E-state index contributed by atoms with van der Waals surface area (Å²) >= 11 is 14.7. The number of aliphatic imine (C=N–C) groups is 2. The summed E-state index contributed by atoms with van der Waals surface area (Å²) in [5, 5.41) is 26.1. The molecule has 0 unspecified atom stereocenters. The first-order valence-electron chi connectivity index (χ1n) is 11.5. The normalized spacial score (nSPS) is 11.2. The zero-order valence-corrected chi connectivity index (χ0v) is 31.1. The Labute approximate surface area is 294 Å². The highest BCUT2D eigenvalue weighted by atomic mass is 32.2. The number of ether oxygens (including phenoxy) is 2. The summed E-state index contributed by atoms with van der Waals surface area (Å²) < 4.78 is 10.0. The van der Waals surface area contributed by atoms with E-state index >= 15 is 0 Å². The van der Waals surface area contributed by atoms with Crippen molar-refractivity contribution >= 4 is 143 Å². The van der Waals surface area contributed by atoms with Crippen molar-refractivity contribution < 1.29 is 48.8 Å². The molecule has 0 aromatic heterocycles. The molecule has 0 atom stereocenters.